The molecule has 4 rings (SSSR count). The first-order valence-corrected chi connectivity index (χ1v) is 12.8. The molecular formula is C26H25Cl2F3N6O2. The lowest BCUT2D eigenvalue weighted by Gasteiger charge is -2.12. The number of alkyl halides is 3. The SMILES string of the molecule is O=C(CCNCc1ccc(OC(F)(F)F)c(Cl)c1)NCCCNc1cc(-c2ccncc2Cl)cc2[nH]ncc12. The van der Waals surface area contributed by atoms with E-state index in [2.05, 4.69) is 35.9 Å². The van der Waals surface area contributed by atoms with E-state index < -0.39 is 12.1 Å². The normalized spacial score (nSPS) is 11.5. The molecule has 0 aliphatic heterocycles. The lowest BCUT2D eigenvalue weighted by atomic mass is 10.0. The zero-order chi connectivity index (χ0) is 27.8. The smallest absolute Gasteiger partial charge is 0.404 e. The van der Waals surface area contributed by atoms with Crippen LogP contribution in [0, 0.1) is 0 Å². The van der Waals surface area contributed by atoms with E-state index in [1.807, 2.05) is 18.2 Å². The number of nitrogens with zero attached hydrogens (tertiary/aromatic N) is 2. The van der Waals surface area contributed by atoms with Crippen LogP contribution in [0.3, 0.4) is 0 Å². The molecule has 0 saturated heterocycles. The number of carbonyl (C=O) groups is 1. The molecule has 206 valence electrons. The maximum Gasteiger partial charge on any atom is 0.573 e. The molecule has 0 aliphatic carbocycles. The zero-order valence-electron chi connectivity index (χ0n) is 20.5. The first-order valence-electron chi connectivity index (χ1n) is 12.0. The van der Waals surface area contributed by atoms with Crippen LogP contribution in [0.15, 0.2) is 55.0 Å². The zero-order valence-corrected chi connectivity index (χ0v) is 22.1. The average Bonchev–Trinajstić information content (AvgIpc) is 3.36. The van der Waals surface area contributed by atoms with Gasteiger partial charge in [-0.1, -0.05) is 29.3 Å². The number of rotatable bonds is 12. The molecule has 0 spiro atoms. The third-order valence-electron chi connectivity index (χ3n) is 5.71. The molecule has 0 fully saturated rings. The Morgan fingerprint density at radius 1 is 1.03 bits per heavy atom. The molecule has 13 heteroatoms. The van der Waals surface area contributed by atoms with E-state index in [1.165, 1.54) is 12.1 Å². The van der Waals surface area contributed by atoms with Crippen molar-refractivity contribution in [3.63, 3.8) is 0 Å². The summed E-state index contributed by atoms with van der Waals surface area (Å²) in [6.45, 7) is 1.86. The Balaban J connectivity index is 1.17. The maximum absolute atomic E-state index is 12.3. The van der Waals surface area contributed by atoms with Crippen molar-refractivity contribution >= 4 is 45.7 Å². The van der Waals surface area contributed by atoms with Crippen molar-refractivity contribution in [2.75, 3.05) is 25.0 Å². The van der Waals surface area contributed by atoms with Gasteiger partial charge in [-0.2, -0.15) is 5.10 Å². The van der Waals surface area contributed by atoms with E-state index in [9.17, 15) is 18.0 Å². The molecule has 2 aromatic heterocycles. The lowest BCUT2D eigenvalue weighted by Crippen LogP contribution is -2.29. The summed E-state index contributed by atoms with van der Waals surface area (Å²) in [4.78, 5) is 16.2. The molecule has 4 N–H and O–H groups in total. The number of aromatic nitrogens is 3. The van der Waals surface area contributed by atoms with Crippen molar-refractivity contribution in [2.45, 2.75) is 25.7 Å². The summed E-state index contributed by atoms with van der Waals surface area (Å²) in [6, 6.07) is 9.87. The molecule has 0 saturated carbocycles. The van der Waals surface area contributed by atoms with Crippen molar-refractivity contribution in [1.29, 1.82) is 0 Å². The van der Waals surface area contributed by atoms with Crippen LogP contribution in [0.2, 0.25) is 10.0 Å². The number of carbonyl (C=O) groups excluding carboxylic acids is 1. The van der Waals surface area contributed by atoms with Crippen LogP contribution in [-0.4, -0.2) is 47.1 Å². The fourth-order valence-electron chi connectivity index (χ4n) is 3.89. The minimum absolute atomic E-state index is 0.110. The van der Waals surface area contributed by atoms with Crippen LogP contribution >= 0.6 is 23.2 Å². The molecule has 0 radical (unpaired) electrons. The monoisotopic (exact) mass is 580 g/mol. The number of pyridine rings is 1. The number of aromatic amines is 1. The van der Waals surface area contributed by atoms with Crippen LogP contribution in [0.1, 0.15) is 18.4 Å². The van der Waals surface area contributed by atoms with Crippen LogP contribution in [-0.2, 0) is 11.3 Å². The van der Waals surface area contributed by atoms with E-state index in [0.29, 0.717) is 43.2 Å². The quantitative estimate of drug-likeness (QED) is 0.155. The van der Waals surface area contributed by atoms with Crippen LogP contribution in [0.5, 0.6) is 5.75 Å². The number of halogens is 5. The summed E-state index contributed by atoms with van der Waals surface area (Å²) in [6.07, 6.45) is 1.18. The van der Waals surface area contributed by atoms with E-state index in [1.54, 1.807) is 18.6 Å². The fraction of sp³-hybridized carbons (Fsp3) is 0.269. The highest BCUT2D eigenvalue weighted by Crippen LogP contribution is 2.33. The number of benzene rings is 2. The number of hydrogen-bond acceptors (Lipinski definition) is 6. The summed E-state index contributed by atoms with van der Waals surface area (Å²) in [5.74, 6) is -0.567. The number of H-pyrrole nitrogens is 1. The van der Waals surface area contributed by atoms with Gasteiger partial charge in [0, 0.05) is 61.6 Å². The molecule has 0 atom stereocenters. The summed E-state index contributed by atoms with van der Waals surface area (Å²) in [5, 5.41) is 17.8. The molecule has 0 aliphatic rings. The van der Waals surface area contributed by atoms with E-state index in [4.69, 9.17) is 23.2 Å². The molecule has 8 nitrogen and oxygen atoms in total. The Kier molecular flexibility index (Phi) is 9.50. The van der Waals surface area contributed by atoms with Gasteiger partial charge >= 0.3 is 6.36 Å². The Morgan fingerprint density at radius 2 is 1.87 bits per heavy atom. The van der Waals surface area contributed by atoms with Crippen molar-refractivity contribution in [3.05, 3.63) is 70.6 Å². The van der Waals surface area contributed by atoms with Gasteiger partial charge < -0.3 is 20.7 Å². The largest absolute Gasteiger partial charge is 0.573 e. The number of ether oxygens (including phenoxy) is 1. The summed E-state index contributed by atoms with van der Waals surface area (Å²) in [7, 11) is 0. The molecule has 39 heavy (non-hydrogen) atoms. The number of hydrogen-bond donors (Lipinski definition) is 4. The molecule has 0 unspecified atom stereocenters. The lowest BCUT2D eigenvalue weighted by molar-refractivity contribution is -0.274. The predicted octanol–water partition coefficient (Wildman–Crippen LogP) is 5.93. The van der Waals surface area contributed by atoms with Crippen molar-refractivity contribution < 1.29 is 22.7 Å². The number of anilines is 1. The van der Waals surface area contributed by atoms with Gasteiger partial charge in [0.1, 0.15) is 5.75 Å². The molecule has 1 amide bonds. The second kappa shape index (κ2) is 13.0. The van der Waals surface area contributed by atoms with Crippen molar-refractivity contribution in [2.24, 2.45) is 0 Å². The minimum Gasteiger partial charge on any atom is -0.404 e. The molecule has 2 aromatic carbocycles. The van der Waals surface area contributed by atoms with Crippen molar-refractivity contribution in [3.8, 4) is 16.9 Å². The highest BCUT2D eigenvalue weighted by atomic mass is 35.5. The summed E-state index contributed by atoms with van der Waals surface area (Å²) >= 11 is 12.2. The maximum atomic E-state index is 12.3. The van der Waals surface area contributed by atoms with Crippen molar-refractivity contribution in [1.82, 2.24) is 25.8 Å². The number of nitrogens with one attached hydrogen (secondary N) is 4. The van der Waals surface area contributed by atoms with Gasteiger partial charge in [0.05, 0.1) is 21.8 Å². The minimum atomic E-state index is -4.81. The Morgan fingerprint density at radius 3 is 2.64 bits per heavy atom. The van der Waals surface area contributed by atoms with Gasteiger partial charge in [0.25, 0.3) is 0 Å². The number of amides is 1. The van der Waals surface area contributed by atoms with Crippen LogP contribution in [0.25, 0.3) is 22.0 Å². The van der Waals surface area contributed by atoms with Gasteiger partial charge in [-0.3, -0.25) is 14.9 Å². The predicted molar refractivity (Wildman–Crippen MR) is 145 cm³/mol. The number of fused-ring (bicyclic) bond motifs is 1. The van der Waals surface area contributed by atoms with E-state index >= 15 is 0 Å². The first-order chi connectivity index (χ1) is 18.7. The highest BCUT2D eigenvalue weighted by molar-refractivity contribution is 6.33. The Hall–Kier alpha value is -3.54. The third kappa shape index (κ3) is 8.22. The molecule has 0 bridgehead atoms. The first kappa shape index (κ1) is 28.5. The second-order valence-corrected chi connectivity index (χ2v) is 9.39. The van der Waals surface area contributed by atoms with Gasteiger partial charge in [-0.25, -0.2) is 0 Å². The van der Waals surface area contributed by atoms with Crippen LogP contribution in [0.4, 0.5) is 18.9 Å². The topological polar surface area (TPSA) is 104 Å². The molecular weight excluding hydrogens is 556 g/mol. The van der Waals surface area contributed by atoms with Crippen LogP contribution < -0.4 is 20.7 Å². The highest BCUT2D eigenvalue weighted by Gasteiger charge is 2.32. The van der Waals surface area contributed by atoms with Gasteiger partial charge in [0.15, 0.2) is 0 Å². The van der Waals surface area contributed by atoms with Gasteiger partial charge in [-0.05, 0) is 47.9 Å². The Labute approximate surface area is 232 Å². The Bertz CT molecular complexity index is 1430. The standard InChI is InChI=1S/C26H25Cl2F3N6O2/c27-20-10-16(2-3-24(20)39-26(29,30)31)13-32-9-5-25(38)35-7-1-6-34-22-11-17(12-23-19(22)14-36-37-23)18-4-8-33-15-21(18)28/h2-4,8,10-12,14-15,32,34H,1,5-7,9,13H2,(H,35,38)(H,36,37). The second-order valence-electron chi connectivity index (χ2n) is 8.58. The van der Waals surface area contributed by atoms with E-state index in [0.717, 1.165) is 33.8 Å². The fourth-order valence-corrected chi connectivity index (χ4v) is 4.36. The van der Waals surface area contributed by atoms with E-state index in [-0.39, 0.29) is 17.4 Å². The molecule has 4 aromatic rings. The summed E-state index contributed by atoms with van der Waals surface area (Å²) < 4.78 is 40.9. The van der Waals surface area contributed by atoms with Gasteiger partial charge in [-0.15, -0.1) is 13.2 Å². The molecule has 2 heterocycles. The van der Waals surface area contributed by atoms with Gasteiger partial charge in [0.2, 0.25) is 5.91 Å². The third-order valence-corrected chi connectivity index (χ3v) is 6.31. The summed E-state index contributed by atoms with van der Waals surface area (Å²) in [5.41, 5.74) is 4.23. The average molecular weight is 581 g/mol.